The summed E-state index contributed by atoms with van der Waals surface area (Å²) in [5, 5.41) is 12.6. The van der Waals surface area contributed by atoms with Crippen molar-refractivity contribution in [2.45, 2.75) is 45.1 Å². The number of hydrogen-bond acceptors (Lipinski definition) is 2. The number of rotatable bonds is 3. The first-order chi connectivity index (χ1) is 10.6. The minimum Gasteiger partial charge on any atom is -0.508 e. The van der Waals surface area contributed by atoms with Crippen molar-refractivity contribution in [1.29, 1.82) is 0 Å². The lowest BCUT2D eigenvalue weighted by Crippen LogP contribution is -2.40. The van der Waals surface area contributed by atoms with Gasteiger partial charge in [-0.15, -0.1) is 0 Å². The first kappa shape index (κ1) is 15.2. The molecule has 0 aromatic heterocycles. The van der Waals surface area contributed by atoms with Gasteiger partial charge in [0, 0.05) is 13.1 Å². The number of nitrogens with one attached hydrogen (secondary N) is 1. The Morgan fingerprint density at radius 3 is 2.77 bits per heavy atom. The summed E-state index contributed by atoms with van der Waals surface area (Å²) in [7, 11) is 0. The molecule has 2 atom stereocenters. The maximum Gasteiger partial charge on any atom is 0.317 e. The van der Waals surface area contributed by atoms with Crippen LogP contribution in [0.2, 0.25) is 0 Å². The predicted octanol–water partition coefficient (Wildman–Crippen LogP) is 3.67. The van der Waals surface area contributed by atoms with E-state index in [4.69, 9.17) is 0 Å². The molecule has 3 rings (SSSR count). The van der Waals surface area contributed by atoms with E-state index in [1.54, 1.807) is 18.2 Å². The third-order valence-electron chi connectivity index (χ3n) is 5.29. The van der Waals surface area contributed by atoms with Crippen molar-refractivity contribution in [1.82, 2.24) is 10.2 Å². The average molecular weight is 302 g/mol. The molecule has 0 bridgehead atoms. The Hall–Kier alpha value is -1.71. The van der Waals surface area contributed by atoms with Gasteiger partial charge in [0.05, 0.1) is 6.04 Å². The summed E-state index contributed by atoms with van der Waals surface area (Å²) in [6.45, 7) is 3.74. The summed E-state index contributed by atoms with van der Waals surface area (Å²) in [6, 6.07) is 7.01. The molecule has 1 heterocycles. The second-order valence-corrected chi connectivity index (χ2v) is 6.81. The van der Waals surface area contributed by atoms with Crippen LogP contribution in [0, 0.1) is 11.8 Å². The lowest BCUT2D eigenvalue weighted by Gasteiger charge is -2.22. The molecular formula is C18H26N2O2. The van der Waals surface area contributed by atoms with Gasteiger partial charge in [-0.25, -0.2) is 4.79 Å². The van der Waals surface area contributed by atoms with Crippen LogP contribution in [0.1, 0.15) is 50.6 Å². The highest BCUT2D eigenvalue weighted by Gasteiger charge is 2.33. The third kappa shape index (κ3) is 3.37. The van der Waals surface area contributed by atoms with Gasteiger partial charge in [0.1, 0.15) is 5.75 Å². The molecule has 120 valence electrons. The van der Waals surface area contributed by atoms with Crippen molar-refractivity contribution in [2.75, 3.05) is 13.1 Å². The van der Waals surface area contributed by atoms with Gasteiger partial charge in [-0.1, -0.05) is 37.8 Å². The summed E-state index contributed by atoms with van der Waals surface area (Å²) in [5.41, 5.74) is 0.930. The summed E-state index contributed by atoms with van der Waals surface area (Å²) in [6.07, 6.45) is 6.57. The van der Waals surface area contributed by atoms with E-state index in [9.17, 15) is 9.90 Å². The van der Waals surface area contributed by atoms with E-state index >= 15 is 0 Å². The highest BCUT2D eigenvalue weighted by molar-refractivity contribution is 5.75. The van der Waals surface area contributed by atoms with Gasteiger partial charge in [-0.05, 0) is 42.9 Å². The van der Waals surface area contributed by atoms with Gasteiger partial charge in [-0.3, -0.25) is 0 Å². The zero-order chi connectivity index (χ0) is 15.5. The Bertz CT molecular complexity index is 526. The Balaban J connectivity index is 1.53. The van der Waals surface area contributed by atoms with Gasteiger partial charge < -0.3 is 15.3 Å². The van der Waals surface area contributed by atoms with Gasteiger partial charge in [0.15, 0.2) is 0 Å². The molecular weight excluding hydrogens is 276 g/mol. The largest absolute Gasteiger partial charge is 0.508 e. The van der Waals surface area contributed by atoms with Crippen LogP contribution in [0.4, 0.5) is 4.79 Å². The normalized spacial score (nSPS) is 23.7. The molecule has 1 aliphatic carbocycles. The van der Waals surface area contributed by atoms with E-state index in [2.05, 4.69) is 5.32 Å². The van der Waals surface area contributed by atoms with E-state index in [1.165, 1.54) is 25.7 Å². The highest BCUT2D eigenvalue weighted by Crippen LogP contribution is 2.36. The van der Waals surface area contributed by atoms with Gasteiger partial charge in [-0.2, -0.15) is 0 Å². The standard InChI is InChI=1S/C18H26N2O2/c1-13(15-7-4-8-17(21)11-15)19-18(22)20-10-9-16(12-20)14-5-2-3-6-14/h4,7-8,11,13-14,16,21H,2-3,5-6,9-10,12H2,1H3,(H,19,22)/t13-,16?/m0/s1. The number of nitrogens with zero attached hydrogens (tertiary/aromatic N) is 1. The van der Waals surface area contributed by atoms with Crippen LogP contribution in [-0.2, 0) is 0 Å². The van der Waals surface area contributed by atoms with Crippen molar-refractivity contribution in [3.8, 4) is 5.75 Å². The number of urea groups is 1. The minimum atomic E-state index is -0.0925. The Labute approximate surface area is 132 Å². The van der Waals surface area contributed by atoms with E-state index in [0.29, 0.717) is 5.92 Å². The van der Waals surface area contributed by atoms with Crippen molar-refractivity contribution in [3.63, 3.8) is 0 Å². The van der Waals surface area contributed by atoms with Crippen LogP contribution in [0.15, 0.2) is 24.3 Å². The third-order valence-corrected chi connectivity index (χ3v) is 5.29. The molecule has 1 aromatic rings. The molecule has 1 aliphatic heterocycles. The highest BCUT2D eigenvalue weighted by atomic mass is 16.3. The number of phenolic OH excluding ortho intramolecular Hbond substituents is 1. The fraction of sp³-hybridized carbons (Fsp3) is 0.611. The van der Waals surface area contributed by atoms with Crippen LogP contribution in [-0.4, -0.2) is 29.1 Å². The Morgan fingerprint density at radius 1 is 1.27 bits per heavy atom. The smallest absolute Gasteiger partial charge is 0.317 e. The Morgan fingerprint density at radius 2 is 2.05 bits per heavy atom. The first-order valence-corrected chi connectivity index (χ1v) is 8.48. The van der Waals surface area contributed by atoms with Gasteiger partial charge in [0.25, 0.3) is 0 Å². The summed E-state index contributed by atoms with van der Waals surface area (Å²) < 4.78 is 0. The molecule has 2 amide bonds. The number of carbonyl (C=O) groups excluding carboxylic acids is 1. The number of carbonyl (C=O) groups is 1. The van der Waals surface area contributed by atoms with Crippen LogP contribution in [0.25, 0.3) is 0 Å². The molecule has 0 radical (unpaired) electrons. The SMILES string of the molecule is C[C@H](NC(=O)N1CCC(C2CCCC2)C1)c1cccc(O)c1. The zero-order valence-electron chi connectivity index (χ0n) is 13.3. The summed E-state index contributed by atoms with van der Waals surface area (Å²) >= 11 is 0. The molecule has 4 nitrogen and oxygen atoms in total. The van der Waals surface area contributed by atoms with Gasteiger partial charge in [0.2, 0.25) is 0 Å². The average Bonchev–Trinajstić information content (AvgIpc) is 3.18. The molecule has 2 aliphatic rings. The lowest BCUT2D eigenvalue weighted by molar-refractivity contribution is 0.201. The predicted molar refractivity (Wildman–Crippen MR) is 86.7 cm³/mol. The van der Waals surface area contributed by atoms with Gasteiger partial charge >= 0.3 is 6.03 Å². The molecule has 1 unspecified atom stereocenters. The molecule has 2 fully saturated rings. The van der Waals surface area contributed by atoms with E-state index < -0.39 is 0 Å². The summed E-state index contributed by atoms with van der Waals surface area (Å²) in [4.78, 5) is 14.4. The number of benzene rings is 1. The molecule has 4 heteroatoms. The molecule has 1 aromatic carbocycles. The van der Waals surface area contributed by atoms with Crippen LogP contribution < -0.4 is 5.32 Å². The maximum absolute atomic E-state index is 12.4. The van der Waals surface area contributed by atoms with E-state index in [-0.39, 0.29) is 17.8 Å². The summed E-state index contributed by atoms with van der Waals surface area (Å²) in [5.74, 6) is 1.77. The van der Waals surface area contributed by atoms with Crippen LogP contribution >= 0.6 is 0 Å². The van der Waals surface area contributed by atoms with Crippen molar-refractivity contribution >= 4 is 6.03 Å². The molecule has 2 N–H and O–H groups in total. The zero-order valence-corrected chi connectivity index (χ0v) is 13.3. The van der Waals surface area contributed by atoms with Crippen molar-refractivity contribution in [2.24, 2.45) is 11.8 Å². The number of aromatic hydroxyl groups is 1. The number of phenols is 1. The molecule has 1 saturated carbocycles. The number of amides is 2. The molecule has 0 spiro atoms. The molecule has 22 heavy (non-hydrogen) atoms. The minimum absolute atomic E-state index is 0.0244. The monoisotopic (exact) mass is 302 g/mol. The number of likely N-dealkylation sites (tertiary alicyclic amines) is 1. The second-order valence-electron chi connectivity index (χ2n) is 6.81. The fourth-order valence-electron chi connectivity index (χ4n) is 3.94. The van der Waals surface area contributed by atoms with Crippen molar-refractivity contribution < 1.29 is 9.90 Å². The first-order valence-electron chi connectivity index (χ1n) is 8.48. The fourth-order valence-corrected chi connectivity index (χ4v) is 3.94. The second kappa shape index (κ2) is 6.59. The van der Waals surface area contributed by atoms with E-state index in [1.807, 2.05) is 17.9 Å². The topological polar surface area (TPSA) is 52.6 Å². The maximum atomic E-state index is 12.4. The number of hydrogen-bond donors (Lipinski definition) is 2. The quantitative estimate of drug-likeness (QED) is 0.895. The van der Waals surface area contributed by atoms with Crippen LogP contribution in [0.3, 0.4) is 0 Å². The Kier molecular flexibility index (Phi) is 4.55. The lowest BCUT2D eigenvalue weighted by atomic mass is 9.90. The molecule has 1 saturated heterocycles. The van der Waals surface area contributed by atoms with Crippen molar-refractivity contribution in [3.05, 3.63) is 29.8 Å². The van der Waals surface area contributed by atoms with E-state index in [0.717, 1.165) is 31.0 Å². The van der Waals surface area contributed by atoms with Crippen LogP contribution in [0.5, 0.6) is 5.75 Å².